The molecular weight excluding hydrogens is 503 g/mol. The lowest BCUT2D eigenvalue weighted by Gasteiger charge is -2.32. The number of halogens is 5. The highest BCUT2D eigenvalue weighted by molar-refractivity contribution is 5.93. The van der Waals surface area contributed by atoms with Crippen molar-refractivity contribution in [3.63, 3.8) is 0 Å². The number of aromatic nitrogens is 4. The third-order valence-corrected chi connectivity index (χ3v) is 6.41. The third-order valence-electron chi connectivity index (χ3n) is 6.41. The first kappa shape index (κ1) is 26.6. The zero-order valence-corrected chi connectivity index (χ0v) is 19.9. The molecule has 1 amide bonds. The van der Waals surface area contributed by atoms with Gasteiger partial charge in [0.25, 0.3) is 11.8 Å². The Kier molecular flexibility index (Phi) is 7.29. The summed E-state index contributed by atoms with van der Waals surface area (Å²) in [5.74, 6) is -5.95. The Morgan fingerprint density at radius 2 is 1.81 bits per heavy atom. The van der Waals surface area contributed by atoms with Crippen LogP contribution < -0.4 is 15.4 Å². The summed E-state index contributed by atoms with van der Waals surface area (Å²) >= 11 is 0. The van der Waals surface area contributed by atoms with Crippen molar-refractivity contribution in [2.75, 3.05) is 24.6 Å². The number of pyridine rings is 1. The molecule has 37 heavy (non-hydrogen) atoms. The average Bonchev–Trinajstić information content (AvgIpc) is 3.47. The number of hydrogen-bond donors (Lipinski definition) is 1. The Balaban J connectivity index is 1.49. The van der Waals surface area contributed by atoms with Gasteiger partial charge in [0.2, 0.25) is 17.6 Å². The fraction of sp³-hybridized carbons (Fsp3) is 0.565. The number of rotatable bonds is 9. The van der Waals surface area contributed by atoms with Gasteiger partial charge in [0.15, 0.2) is 0 Å². The monoisotopic (exact) mass is 528 g/mol. The molecule has 14 heteroatoms. The van der Waals surface area contributed by atoms with Crippen molar-refractivity contribution in [3.05, 3.63) is 34.9 Å². The minimum absolute atomic E-state index is 0.00232. The number of amides is 1. The predicted molar refractivity (Wildman–Crippen MR) is 120 cm³/mol. The maximum Gasteiger partial charge on any atom is 0.389 e. The Labute approximate surface area is 208 Å². The van der Waals surface area contributed by atoms with Crippen molar-refractivity contribution in [1.29, 1.82) is 0 Å². The van der Waals surface area contributed by atoms with Crippen molar-refractivity contribution in [3.8, 4) is 6.01 Å². The van der Waals surface area contributed by atoms with E-state index in [0.29, 0.717) is 37.2 Å². The van der Waals surface area contributed by atoms with Crippen molar-refractivity contribution in [2.24, 2.45) is 11.7 Å². The molecule has 2 aliphatic rings. The van der Waals surface area contributed by atoms with Crippen LogP contribution in [0.3, 0.4) is 0 Å². The lowest BCUT2D eigenvalue weighted by atomic mass is 9.92. The number of primary amides is 1. The number of alkyl halides is 5. The molecule has 9 nitrogen and oxygen atoms in total. The molecule has 2 N–H and O–H groups in total. The standard InChI is InChI=1S/C23H25F5N6O3/c1-12-2-3-15(30-17(12)18(29)36)13-5-8-34(9-6-13)20-31-19(16(35)4-7-23(26,27)28)32-21(33-20)37-11-14-10-22(14,24)25/h2-3,13-14H,4-11H2,1H3,(H2,29,36)/t14-/m0/s1. The molecular formula is C23H25F5N6O3. The molecule has 4 rings (SSSR count). The maximum absolute atomic E-state index is 13.2. The Bertz CT molecular complexity index is 1180. The van der Waals surface area contributed by atoms with E-state index in [1.54, 1.807) is 17.9 Å². The number of hydrogen-bond acceptors (Lipinski definition) is 8. The highest BCUT2D eigenvalue weighted by atomic mass is 19.4. The Hall–Kier alpha value is -3.45. The number of Topliss-reactive ketones (excluding diaryl/α,β-unsaturated/α-hetero) is 1. The molecule has 0 unspecified atom stereocenters. The number of ketones is 1. The van der Waals surface area contributed by atoms with E-state index in [9.17, 15) is 31.5 Å². The minimum atomic E-state index is -4.54. The number of carbonyl (C=O) groups excluding carboxylic acids is 2. The quantitative estimate of drug-likeness (QED) is 0.387. The van der Waals surface area contributed by atoms with Crippen LogP contribution in [0.25, 0.3) is 0 Å². The summed E-state index contributed by atoms with van der Waals surface area (Å²) in [6.45, 7) is 2.13. The van der Waals surface area contributed by atoms with Crippen LogP contribution in [0.15, 0.2) is 12.1 Å². The van der Waals surface area contributed by atoms with E-state index in [4.69, 9.17) is 10.5 Å². The first-order valence-corrected chi connectivity index (χ1v) is 11.7. The second kappa shape index (κ2) is 10.1. The van der Waals surface area contributed by atoms with E-state index in [-0.39, 0.29) is 24.0 Å². The van der Waals surface area contributed by atoms with Gasteiger partial charge in [0, 0.05) is 37.5 Å². The van der Waals surface area contributed by atoms with E-state index in [2.05, 4.69) is 19.9 Å². The van der Waals surface area contributed by atoms with Crippen LogP contribution in [-0.2, 0) is 0 Å². The summed E-state index contributed by atoms with van der Waals surface area (Å²) in [6.07, 6.45) is -5.96. The topological polar surface area (TPSA) is 124 Å². The van der Waals surface area contributed by atoms with Gasteiger partial charge in [0.05, 0.1) is 12.3 Å². The third kappa shape index (κ3) is 6.66. The number of carbonyl (C=O) groups is 2. The zero-order valence-electron chi connectivity index (χ0n) is 19.9. The van der Waals surface area contributed by atoms with Crippen molar-refractivity contribution in [1.82, 2.24) is 19.9 Å². The summed E-state index contributed by atoms with van der Waals surface area (Å²) < 4.78 is 69.5. The lowest BCUT2D eigenvalue weighted by molar-refractivity contribution is -0.133. The van der Waals surface area contributed by atoms with Gasteiger partial charge in [-0.1, -0.05) is 6.07 Å². The molecule has 2 aromatic rings. The first-order chi connectivity index (χ1) is 17.3. The minimum Gasteiger partial charge on any atom is -0.463 e. The van der Waals surface area contributed by atoms with Crippen LogP contribution in [0.4, 0.5) is 27.9 Å². The number of piperidine rings is 1. The van der Waals surface area contributed by atoms with E-state index < -0.39 is 61.0 Å². The fourth-order valence-corrected chi connectivity index (χ4v) is 4.07. The highest BCUT2D eigenvalue weighted by Crippen LogP contribution is 2.48. The predicted octanol–water partition coefficient (Wildman–Crippen LogP) is 3.62. The van der Waals surface area contributed by atoms with Crippen molar-refractivity contribution >= 4 is 17.6 Å². The molecule has 2 aromatic heterocycles. The van der Waals surface area contributed by atoms with Crippen LogP contribution in [-0.4, -0.2) is 63.4 Å². The summed E-state index contributed by atoms with van der Waals surface area (Å²) in [5.41, 5.74) is 6.96. The van der Waals surface area contributed by atoms with Crippen LogP contribution in [0.1, 0.15) is 70.4 Å². The van der Waals surface area contributed by atoms with Crippen molar-refractivity contribution < 1.29 is 36.3 Å². The van der Waals surface area contributed by atoms with E-state index in [0.717, 1.165) is 0 Å². The van der Waals surface area contributed by atoms with Gasteiger partial charge in [-0.15, -0.1) is 0 Å². The molecule has 0 spiro atoms. The van der Waals surface area contributed by atoms with Gasteiger partial charge < -0.3 is 15.4 Å². The molecule has 1 aliphatic heterocycles. The highest BCUT2D eigenvalue weighted by Gasteiger charge is 2.57. The van der Waals surface area contributed by atoms with Gasteiger partial charge in [-0.3, -0.25) is 9.59 Å². The fourth-order valence-electron chi connectivity index (χ4n) is 4.07. The summed E-state index contributed by atoms with van der Waals surface area (Å²) in [4.78, 5) is 42.1. The molecule has 0 aromatic carbocycles. The smallest absolute Gasteiger partial charge is 0.389 e. The van der Waals surface area contributed by atoms with Gasteiger partial charge >= 0.3 is 12.2 Å². The normalized spacial score (nSPS) is 19.5. The first-order valence-electron chi connectivity index (χ1n) is 11.7. The van der Waals surface area contributed by atoms with Crippen LogP contribution in [0.2, 0.25) is 0 Å². The number of nitrogens with zero attached hydrogens (tertiary/aromatic N) is 5. The Morgan fingerprint density at radius 3 is 2.41 bits per heavy atom. The Morgan fingerprint density at radius 1 is 1.14 bits per heavy atom. The molecule has 0 bridgehead atoms. The summed E-state index contributed by atoms with van der Waals surface area (Å²) in [5, 5.41) is 0. The summed E-state index contributed by atoms with van der Waals surface area (Å²) in [6, 6.07) is 3.20. The van der Waals surface area contributed by atoms with Gasteiger partial charge in [-0.05, 0) is 31.4 Å². The van der Waals surface area contributed by atoms with E-state index in [1.807, 2.05) is 6.07 Å². The molecule has 1 saturated heterocycles. The van der Waals surface area contributed by atoms with Crippen LogP contribution in [0.5, 0.6) is 6.01 Å². The molecule has 0 radical (unpaired) electrons. The van der Waals surface area contributed by atoms with Gasteiger partial charge in [-0.25, -0.2) is 13.8 Å². The van der Waals surface area contributed by atoms with Gasteiger partial charge in [0.1, 0.15) is 12.3 Å². The second-order valence-corrected chi connectivity index (χ2v) is 9.28. The molecule has 2 fully saturated rings. The molecule has 3 heterocycles. The van der Waals surface area contributed by atoms with Crippen molar-refractivity contribution in [2.45, 2.75) is 57.0 Å². The number of aryl methyl sites for hydroxylation is 1. The number of anilines is 1. The second-order valence-electron chi connectivity index (χ2n) is 9.28. The number of ether oxygens (including phenoxy) is 1. The molecule has 1 saturated carbocycles. The number of nitrogens with two attached hydrogens (primary N) is 1. The zero-order chi connectivity index (χ0) is 27.0. The van der Waals surface area contributed by atoms with E-state index in [1.165, 1.54) is 0 Å². The maximum atomic E-state index is 13.2. The summed E-state index contributed by atoms with van der Waals surface area (Å²) in [7, 11) is 0. The SMILES string of the molecule is Cc1ccc(C2CCN(c3nc(OC[C@@H]4CC4(F)F)nc(C(=O)CCC(F)(F)F)n3)CC2)nc1C(N)=O. The van der Waals surface area contributed by atoms with Gasteiger partial charge in [-0.2, -0.15) is 28.1 Å². The molecule has 1 atom stereocenters. The lowest BCUT2D eigenvalue weighted by Crippen LogP contribution is -2.35. The average molecular weight is 528 g/mol. The largest absolute Gasteiger partial charge is 0.463 e. The van der Waals surface area contributed by atoms with Crippen LogP contribution in [0, 0.1) is 12.8 Å². The molecule has 200 valence electrons. The molecule has 1 aliphatic carbocycles. The van der Waals surface area contributed by atoms with Crippen LogP contribution >= 0.6 is 0 Å². The van der Waals surface area contributed by atoms with E-state index >= 15 is 0 Å².